The number of hydrogen-bond donors (Lipinski definition) is 2. The molecular weight excluding hydrogens is 178 g/mol. The zero-order chi connectivity index (χ0) is 10.2. The molecule has 0 spiro atoms. The first-order chi connectivity index (χ1) is 6.83. The molecule has 1 aromatic rings. The Bertz CT molecular complexity index is 265. The number of ether oxygens (including phenoxy) is 1. The van der Waals surface area contributed by atoms with Crippen molar-refractivity contribution in [3.8, 4) is 0 Å². The van der Waals surface area contributed by atoms with E-state index in [1.54, 1.807) is 12.4 Å². The molecule has 0 bridgehead atoms. The third-order valence-corrected chi connectivity index (χ3v) is 1.76. The number of nitrogens with two attached hydrogens (primary N) is 1. The van der Waals surface area contributed by atoms with Crippen LogP contribution < -0.4 is 11.1 Å². The third-order valence-electron chi connectivity index (χ3n) is 1.76. The van der Waals surface area contributed by atoms with Crippen LogP contribution in [-0.4, -0.2) is 24.7 Å². The van der Waals surface area contributed by atoms with Crippen LogP contribution in [-0.2, 0) is 4.74 Å². The minimum Gasteiger partial charge on any atom is -0.397 e. The van der Waals surface area contributed by atoms with Crippen molar-refractivity contribution < 1.29 is 4.74 Å². The van der Waals surface area contributed by atoms with Crippen LogP contribution in [0.5, 0.6) is 0 Å². The molecule has 0 amide bonds. The predicted molar refractivity (Wildman–Crippen MR) is 58.2 cm³/mol. The number of pyridine rings is 1. The lowest BCUT2D eigenvalue weighted by molar-refractivity contribution is 0.147. The first-order valence-corrected chi connectivity index (χ1v) is 4.85. The minimum absolute atomic E-state index is 0.680. The number of rotatable bonds is 6. The highest BCUT2D eigenvalue weighted by Crippen LogP contribution is 2.08. The van der Waals surface area contributed by atoms with Gasteiger partial charge in [0.2, 0.25) is 0 Å². The maximum atomic E-state index is 5.58. The molecule has 4 heteroatoms. The van der Waals surface area contributed by atoms with E-state index in [2.05, 4.69) is 10.3 Å². The summed E-state index contributed by atoms with van der Waals surface area (Å²) in [6.45, 7) is 4.44. The number of hydrogen-bond acceptors (Lipinski definition) is 4. The van der Waals surface area contributed by atoms with Crippen molar-refractivity contribution in [3.05, 3.63) is 18.5 Å². The summed E-state index contributed by atoms with van der Waals surface area (Å²) in [7, 11) is 0. The molecule has 0 atom stereocenters. The fraction of sp³-hybridized carbons (Fsp3) is 0.500. The molecule has 0 aliphatic heterocycles. The van der Waals surface area contributed by atoms with Crippen LogP contribution >= 0.6 is 0 Å². The Kier molecular flexibility index (Phi) is 4.78. The van der Waals surface area contributed by atoms with Crippen LogP contribution in [0.2, 0.25) is 0 Å². The van der Waals surface area contributed by atoms with Gasteiger partial charge in [-0.1, -0.05) is 0 Å². The molecule has 3 N–H and O–H groups in total. The fourth-order valence-corrected chi connectivity index (χ4v) is 1.11. The van der Waals surface area contributed by atoms with Gasteiger partial charge >= 0.3 is 0 Å². The van der Waals surface area contributed by atoms with Crippen molar-refractivity contribution in [1.29, 1.82) is 0 Å². The highest BCUT2D eigenvalue weighted by atomic mass is 16.5. The molecule has 1 rings (SSSR count). The van der Waals surface area contributed by atoms with Crippen LogP contribution in [0.1, 0.15) is 13.3 Å². The molecule has 0 radical (unpaired) electrons. The molecule has 1 heterocycles. The van der Waals surface area contributed by atoms with Crippen molar-refractivity contribution in [1.82, 2.24) is 4.98 Å². The summed E-state index contributed by atoms with van der Waals surface area (Å²) < 4.78 is 5.21. The standard InChI is InChI=1S/C10H17N3O/c1-2-14-5-3-4-13-10-6-9(11)7-12-8-10/h6-8,13H,2-5,11H2,1H3. The Morgan fingerprint density at radius 1 is 1.50 bits per heavy atom. The average Bonchev–Trinajstić information content (AvgIpc) is 2.18. The van der Waals surface area contributed by atoms with E-state index in [-0.39, 0.29) is 0 Å². The zero-order valence-electron chi connectivity index (χ0n) is 8.49. The van der Waals surface area contributed by atoms with Gasteiger partial charge in [0.25, 0.3) is 0 Å². The minimum atomic E-state index is 0.680. The van der Waals surface area contributed by atoms with Gasteiger partial charge in [-0.2, -0.15) is 0 Å². The van der Waals surface area contributed by atoms with Gasteiger partial charge in [0.05, 0.1) is 17.6 Å². The van der Waals surface area contributed by atoms with Gasteiger partial charge in [-0.15, -0.1) is 0 Å². The molecule has 78 valence electrons. The lowest BCUT2D eigenvalue weighted by Gasteiger charge is -2.06. The Balaban J connectivity index is 2.18. The Labute approximate surface area is 84.5 Å². The second-order valence-electron chi connectivity index (χ2n) is 2.98. The van der Waals surface area contributed by atoms with Crippen molar-refractivity contribution >= 4 is 11.4 Å². The summed E-state index contributed by atoms with van der Waals surface area (Å²) in [5.41, 5.74) is 7.22. The molecular formula is C10H17N3O. The number of nitrogen functional groups attached to an aromatic ring is 1. The van der Waals surface area contributed by atoms with Gasteiger partial charge in [-0.05, 0) is 19.4 Å². The Morgan fingerprint density at radius 2 is 2.36 bits per heavy atom. The maximum absolute atomic E-state index is 5.58. The molecule has 4 nitrogen and oxygen atoms in total. The molecule has 1 aromatic heterocycles. The van der Waals surface area contributed by atoms with Gasteiger partial charge in [0.1, 0.15) is 0 Å². The van der Waals surface area contributed by atoms with Gasteiger partial charge in [-0.3, -0.25) is 4.98 Å². The summed E-state index contributed by atoms with van der Waals surface area (Å²) >= 11 is 0. The first-order valence-electron chi connectivity index (χ1n) is 4.85. The maximum Gasteiger partial charge on any atom is 0.0547 e. The molecule has 0 aromatic carbocycles. The molecule has 14 heavy (non-hydrogen) atoms. The quantitative estimate of drug-likeness (QED) is 0.675. The summed E-state index contributed by atoms with van der Waals surface area (Å²) in [6.07, 6.45) is 4.38. The van der Waals surface area contributed by atoms with Crippen molar-refractivity contribution in [2.24, 2.45) is 0 Å². The molecule has 0 saturated carbocycles. The fourth-order valence-electron chi connectivity index (χ4n) is 1.11. The van der Waals surface area contributed by atoms with E-state index < -0.39 is 0 Å². The van der Waals surface area contributed by atoms with Gasteiger partial charge in [0, 0.05) is 26.0 Å². The monoisotopic (exact) mass is 195 g/mol. The zero-order valence-corrected chi connectivity index (χ0v) is 8.49. The smallest absolute Gasteiger partial charge is 0.0547 e. The molecule has 0 saturated heterocycles. The SMILES string of the molecule is CCOCCCNc1cncc(N)c1. The van der Waals surface area contributed by atoms with Gasteiger partial charge in [0.15, 0.2) is 0 Å². The largest absolute Gasteiger partial charge is 0.397 e. The number of nitrogens with zero attached hydrogens (tertiary/aromatic N) is 1. The van der Waals surface area contributed by atoms with E-state index in [0.29, 0.717) is 5.69 Å². The lowest BCUT2D eigenvalue weighted by atomic mass is 10.3. The van der Waals surface area contributed by atoms with Crippen molar-refractivity contribution in [3.63, 3.8) is 0 Å². The van der Waals surface area contributed by atoms with E-state index in [1.165, 1.54) is 0 Å². The highest BCUT2D eigenvalue weighted by molar-refractivity contribution is 5.51. The number of nitrogens with one attached hydrogen (secondary N) is 1. The van der Waals surface area contributed by atoms with Crippen LogP contribution in [0.15, 0.2) is 18.5 Å². The van der Waals surface area contributed by atoms with E-state index >= 15 is 0 Å². The van der Waals surface area contributed by atoms with E-state index in [0.717, 1.165) is 31.9 Å². The van der Waals surface area contributed by atoms with Crippen molar-refractivity contribution in [2.75, 3.05) is 30.8 Å². The van der Waals surface area contributed by atoms with Crippen LogP contribution in [0, 0.1) is 0 Å². The van der Waals surface area contributed by atoms with Crippen LogP contribution in [0.25, 0.3) is 0 Å². The van der Waals surface area contributed by atoms with Gasteiger partial charge in [-0.25, -0.2) is 0 Å². The number of anilines is 2. The summed E-state index contributed by atoms with van der Waals surface area (Å²) in [5, 5.41) is 3.22. The highest BCUT2D eigenvalue weighted by Gasteiger charge is 1.92. The van der Waals surface area contributed by atoms with E-state index in [1.807, 2.05) is 13.0 Å². The topological polar surface area (TPSA) is 60.2 Å². The van der Waals surface area contributed by atoms with Crippen LogP contribution in [0.4, 0.5) is 11.4 Å². The summed E-state index contributed by atoms with van der Waals surface area (Å²) in [5.74, 6) is 0. The molecule has 0 unspecified atom stereocenters. The molecule has 0 aliphatic carbocycles. The van der Waals surface area contributed by atoms with Crippen molar-refractivity contribution in [2.45, 2.75) is 13.3 Å². The van der Waals surface area contributed by atoms with Gasteiger partial charge < -0.3 is 15.8 Å². The summed E-state index contributed by atoms with van der Waals surface area (Å²) in [6, 6.07) is 1.87. The average molecular weight is 195 g/mol. The third kappa shape index (κ3) is 4.09. The van der Waals surface area contributed by atoms with E-state index in [4.69, 9.17) is 10.5 Å². The predicted octanol–water partition coefficient (Wildman–Crippen LogP) is 1.50. The summed E-state index contributed by atoms with van der Waals surface area (Å²) in [4.78, 5) is 3.98. The Hall–Kier alpha value is -1.29. The second-order valence-corrected chi connectivity index (χ2v) is 2.98. The second kappa shape index (κ2) is 6.21. The number of aromatic nitrogens is 1. The van der Waals surface area contributed by atoms with E-state index in [9.17, 15) is 0 Å². The lowest BCUT2D eigenvalue weighted by Crippen LogP contribution is -2.06. The Morgan fingerprint density at radius 3 is 3.07 bits per heavy atom. The first kappa shape index (κ1) is 10.8. The van der Waals surface area contributed by atoms with Crippen LogP contribution in [0.3, 0.4) is 0 Å². The molecule has 0 fully saturated rings. The normalized spacial score (nSPS) is 10.1. The molecule has 0 aliphatic rings.